The molecule has 1 aromatic heterocycles. The van der Waals surface area contributed by atoms with E-state index in [1.54, 1.807) is 4.68 Å². The minimum absolute atomic E-state index is 0.220. The van der Waals surface area contributed by atoms with Crippen LogP contribution in [0, 0.1) is 20.8 Å². The van der Waals surface area contributed by atoms with E-state index in [9.17, 15) is 4.79 Å². The zero-order valence-electron chi connectivity index (χ0n) is 14.4. The number of amides is 2. The molecule has 25 heavy (non-hydrogen) atoms. The van der Waals surface area contributed by atoms with E-state index in [1.165, 1.54) is 5.56 Å². The summed E-state index contributed by atoms with van der Waals surface area (Å²) in [6, 6.07) is 13.3. The Morgan fingerprint density at radius 3 is 2.68 bits per heavy atom. The van der Waals surface area contributed by atoms with E-state index >= 15 is 0 Å². The molecule has 0 aliphatic heterocycles. The van der Waals surface area contributed by atoms with Crippen molar-refractivity contribution in [3.63, 3.8) is 0 Å². The maximum Gasteiger partial charge on any atom is 0.319 e. The summed E-state index contributed by atoms with van der Waals surface area (Å²) in [6.07, 6.45) is 0. The molecule has 2 N–H and O–H groups in total. The molecule has 2 amide bonds. The molecule has 1 heterocycles. The van der Waals surface area contributed by atoms with E-state index in [4.69, 9.17) is 0 Å². The summed E-state index contributed by atoms with van der Waals surface area (Å²) in [5.74, 6) is 0.558. The van der Waals surface area contributed by atoms with E-state index in [0.29, 0.717) is 5.82 Å². The van der Waals surface area contributed by atoms with Crippen LogP contribution in [0.1, 0.15) is 22.5 Å². The minimum atomic E-state index is -0.305. The zero-order chi connectivity index (χ0) is 17.8. The van der Waals surface area contributed by atoms with Crippen LogP contribution in [0.15, 0.2) is 42.5 Å². The number of nitrogens with zero attached hydrogens (tertiary/aromatic N) is 4. The van der Waals surface area contributed by atoms with E-state index in [1.807, 2.05) is 56.3 Å². The van der Waals surface area contributed by atoms with Crippen molar-refractivity contribution in [2.45, 2.75) is 27.3 Å². The highest BCUT2D eigenvalue weighted by atomic mass is 16.2. The second kappa shape index (κ2) is 7.12. The lowest BCUT2D eigenvalue weighted by atomic mass is 10.1. The van der Waals surface area contributed by atoms with Gasteiger partial charge in [0, 0.05) is 5.69 Å². The van der Waals surface area contributed by atoms with Gasteiger partial charge in [0.25, 0.3) is 0 Å². The second-order valence-corrected chi connectivity index (χ2v) is 5.95. The van der Waals surface area contributed by atoms with E-state index in [2.05, 4.69) is 33.1 Å². The van der Waals surface area contributed by atoms with E-state index in [-0.39, 0.29) is 12.6 Å². The zero-order valence-corrected chi connectivity index (χ0v) is 14.4. The third kappa shape index (κ3) is 4.00. The van der Waals surface area contributed by atoms with Gasteiger partial charge in [0.15, 0.2) is 5.82 Å². The molecule has 0 atom stereocenters. The Hall–Kier alpha value is -3.22. The van der Waals surface area contributed by atoms with Crippen molar-refractivity contribution in [1.29, 1.82) is 0 Å². The van der Waals surface area contributed by atoms with E-state index < -0.39 is 0 Å². The Morgan fingerprint density at radius 1 is 1.08 bits per heavy atom. The monoisotopic (exact) mass is 336 g/mol. The Bertz CT molecular complexity index is 902. The standard InChI is InChI=1S/C18H20N6O/c1-12-5-4-6-15(9-12)20-18(25)19-11-17-21-22-23-24(17)16-8-7-13(2)14(3)10-16/h4-10H,11H2,1-3H3,(H2,19,20,25). The summed E-state index contributed by atoms with van der Waals surface area (Å²) >= 11 is 0. The molecule has 128 valence electrons. The van der Waals surface area contributed by atoms with Crippen molar-refractivity contribution in [3.8, 4) is 5.69 Å². The average Bonchev–Trinajstić information content (AvgIpc) is 3.04. The maximum absolute atomic E-state index is 12.1. The first-order chi connectivity index (χ1) is 12.0. The van der Waals surface area contributed by atoms with Crippen LogP contribution < -0.4 is 10.6 Å². The van der Waals surface area contributed by atoms with Crippen molar-refractivity contribution < 1.29 is 4.79 Å². The summed E-state index contributed by atoms with van der Waals surface area (Å²) in [6.45, 7) is 6.28. The normalized spacial score (nSPS) is 10.5. The molecule has 2 aromatic carbocycles. The van der Waals surface area contributed by atoms with Crippen LogP contribution in [0.25, 0.3) is 5.69 Å². The molecule has 0 aliphatic carbocycles. The Kier molecular flexibility index (Phi) is 4.74. The summed E-state index contributed by atoms with van der Waals surface area (Å²) in [7, 11) is 0. The molecule has 0 unspecified atom stereocenters. The molecule has 0 aliphatic rings. The van der Waals surface area contributed by atoms with Crippen LogP contribution in [-0.2, 0) is 6.54 Å². The van der Waals surface area contributed by atoms with Gasteiger partial charge in [-0.25, -0.2) is 4.79 Å². The van der Waals surface area contributed by atoms with Crippen molar-refractivity contribution >= 4 is 11.7 Å². The SMILES string of the molecule is Cc1cccc(NC(=O)NCc2nnnn2-c2ccc(C)c(C)c2)c1. The van der Waals surface area contributed by atoms with Gasteiger partial charge in [-0.1, -0.05) is 18.2 Å². The van der Waals surface area contributed by atoms with Gasteiger partial charge in [0.2, 0.25) is 0 Å². The number of rotatable bonds is 4. The minimum Gasteiger partial charge on any atom is -0.330 e. The highest BCUT2D eigenvalue weighted by Crippen LogP contribution is 2.14. The van der Waals surface area contributed by atoms with Gasteiger partial charge in [0.1, 0.15) is 0 Å². The van der Waals surface area contributed by atoms with Crippen molar-refractivity contribution in [2.24, 2.45) is 0 Å². The van der Waals surface area contributed by atoms with Crippen LogP contribution in [0.3, 0.4) is 0 Å². The Balaban J connectivity index is 1.67. The van der Waals surface area contributed by atoms with Crippen LogP contribution in [-0.4, -0.2) is 26.2 Å². The molecule has 0 bridgehead atoms. The van der Waals surface area contributed by atoms with Gasteiger partial charge in [0.05, 0.1) is 12.2 Å². The van der Waals surface area contributed by atoms with Crippen molar-refractivity contribution in [2.75, 3.05) is 5.32 Å². The smallest absolute Gasteiger partial charge is 0.319 e. The van der Waals surface area contributed by atoms with Gasteiger partial charge in [-0.3, -0.25) is 0 Å². The molecule has 0 radical (unpaired) electrons. The van der Waals surface area contributed by atoms with Gasteiger partial charge in [-0.2, -0.15) is 4.68 Å². The predicted molar refractivity (Wildman–Crippen MR) is 95.7 cm³/mol. The maximum atomic E-state index is 12.1. The molecule has 0 spiro atoms. The number of anilines is 1. The van der Waals surface area contributed by atoms with Crippen LogP contribution in [0.2, 0.25) is 0 Å². The number of hydrogen-bond donors (Lipinski definition) is 2. The largest absolute Gasteiger partial charge is 0.330 e. The lowest BCUT2D eigenvalue weighted by Crippen LogP contribution is -2.29. The highest BCUT2D eigenvalue weighted by Gasteiger charge is 2.10. The second-order valence-electron chi connectivity index (χ2n) is 5.95. The number of hydrogen-bond acceptors (Lipinski definition) is 4. The number of carbonyl (C=O) groups excluding carboxylic acids is 1. The van der Waals surface area contributed by atoms with Crippen LogP contribution in [0.5, 0.6) is 0 Å². The Labute approximate surface area is 146 Å². The number of carbonyl (C=O) groups is 1. The molecule has 3 aromatic rings. The number of nitrogens with one attached hydrogen (secondary N) is 2. The third-order valence-electron chi connectivity index (χ3n) is 3.95. The molecular formula is C18H20N6O. The molecule has 3 rings (SSSR count). The summed E-state index contributed by atoms with van der Waals surface area (Å²) in [5.41, 5.74) is 5.05. The fraction of sp³-hybridized carbons (Fsp3) is 0.222. The molecular weight excluding hydrogens is 316 g/mol. The molecule has 7 heteroatoms. The molecule has 0 fully saturated rings. The summed E-state index contributed by atoms with van der Waals surface area (Å²) in [4.78, 5) is 12.1. The van der Waals surface area contributed by atoms with Gasteiger partial charge in [-0.15, -0.1) is 5.10 Å². The molecule has 7 nitrogen and oxygen atoms in total. The quantitative estimate of drug-likeness (QED) is 0.767. The van der Waals surface area contributed by atoms with Gasteiger partial charge in [-0.05, 0) is 72.2 Å². The summed E-state index contributed by atoms with van der Waals surface area (Å²) < 4.78 is 1.62. The first kappa shape index (κ1) is 16.6. The third-order valence-corrected chi connectivity index (χ3v) is 3.95. The number of aromatic nitrogens is 4. The van der Waals surface area contributed by atoms with Gasteiger partial charge < -0.3 is 10.6 Å². The van der Waals surface area contributed by atoms with Gasteiger partial charge >= 0.3 is 6.03 Å². The lowest BCUT2D eigenvalue weighted by Gasteiger charge is -2.09. The van der Waals surface area contributed by atoms with Crippen molar-refractivity contribution in [1.82, 2.24) is 25.5 Å². The lowest BCUT2D eigenvalue weighted by molar-refractivity contribution is 0.251. The first-order valence-corrected chi connectivity index (χ1v) is 7.99. The average molecular weight is 336 g/mol. The Morgan fingerprint density at radius 2 is 1.92 bits per heavy atom. The van der Waals surface area contributed by atoms with Crippen molar-refractivity contribution in [3.05, 3.63) is 65.0 Å². The summed E-state index contributed by atoms with van der Waals surface area (Å²) in [5, 5.41) is 17.3. The molecule has 0 saturated carbocycles. The fourth-order valence-corrected chi connectivity index (χ4v) is 2.43. The van der Waals surface area contributed by atoms with Crippen LogP contribution >= 0.6 is 0 Å². The number of benzene rings is 2. The number of tetrazole rings is 1. The van der Waals surface area contributed by atoms with Crippen LogP contribution in [0.4, 0.5) is 10.5 Å². The molecule has 0 saturated heterocycles. The number of urea groups is 1. The topological polar surface area (TPSA) is 84.7 Å². The number of aryl methyl sites for hydroxylation is 3. The first-order valence-electron chi connectivity index (χ1n) is 7.99. The fourth-order valence-electron chi connectivity index (χ4n) is 2.43. The van der Waals surface area contributed by atoms with E-state index in [0.717, 1.165) is 22.5 Å². The highest BCUT2D eigenvalue weighted by molar-refractivity contribution is 5.89. The predicted octanol–water partition coefficient (Wildman–Crippen LogP) is 2.91.